The highest BCUT2D eigenvalue weighted by molar-refractivity contribution is 6.30. The van der Waals surface area contributed by atoms with Crippen molar-refractivity contribution in [2.45, 2.75) is 12.5 Å². The Hall–Kier alpha value is -2.77. The van der Waals surface area contributed by atoms with Gasteiger partial charge in [0.25, 0.3) is 5.56 Å². The highest BCUT2D eigenvalue weighted by Gasteiger charge is 2.17. The van der Waals surface area contributed by atoms with Crippen molar-refractivity contribution < 1.29 is 9.50 Å². The fourth-order valence-electron chi connectivity index (χ4n) is 2.85. The maximum Gasteiger partial charge on any atom is 0.251 e. The van der Waals surface area contributed by atoms with E-state index in [1.54, 1.807) is 37.6 Å². The molecule has 1 aromatic carbocycles. The van der Waals surface area contributed by atoms with Crippen molar-refractivity contribution in [3.05, 3.63) is 75.5 Å². The maximum atomic E-state index is 13.9. The van der Waals surface area contributed by atoms with Crippen LogP contribution < -0.4 is 10.9 Å². The number of aliphatic hydroxyl groups is 1. The van der Waals surface area contributed by atoms with Crippen LogP contribution in [-0.2, 0) is 0 Å². The van der Waals surface area contributed by atoms with Crippen molar-refractivity contribution in [1.29, 1.82) is 0 Å². The van der Waals surface area contributed by atoms with E-state index < -0.39 is 11.9 Å². The largest absolute Gasteiger partial charge is 0.396 e. The van der Waals surface area contributed by atoms with Gasteiger partial charge in [-0.05, 0) is 36.2 Å². The van der Waals surface area contributed by atoms with Gasteiger partial charge in [-0.25, -0.2) is 14.4 Å². The van der Waals surface area contributed by atoms with Crippen molar-refractivity contribution >= 4 is 17.5 Å². The van der Waals surface area contributed by atoms with Gasteiger partial charge in [-0.1, -0.05) is 17.7 Å². The molecule has 0 aliphatic carbocycles. The minimum atomic E-state index is -0.567. The summed E-state index contributed by atoms with van der Waals surface area (Å²) in [4.78, 5) is 21.1. The Labute approximate surface area is 160 Å². The van der Waals surface area contributed by atoms with Gasteiger partial charge in [0, 0.05) is 37.7 Å². The average Bonchev–Trinajstić information content (AvgIpc) is 2.68. The zero-order valence-corrected chi connectivity index (χ0v) is 15.3. The Kier molecular flexibility index (Phi) is 5.83. The third kappa shape index (κ3) is 4.15. The first-order valence-corrected chi connectivity index (χ1v) is 8.70. The van der Waals surface area contributed by atoms with Crippen molar-refractivity contribution in [1.82, 2.24) is 14.5 Å². The fourth-order valence-corrected chi connectivity index (χ4v) is 2.97. The first kappa shape index (κ1) is 19.0. The lowest BCUT2D eigenvalue weighted by Crippen LogP contribution is -2.25. The van der Waals surface area contributed by atoms with Crippen molar-refractivity contribution in [3.8, 4) is 11.3 Å². The van der Waals surface area contributed by atoms with E-state index in [0.717, 1.165) is 0 Å². The van der Waals surface area contributed by atoms with Gasteiger partial charge in [-0.3, -0.25) is 4.79 Å². The monoisotopic (exact) mass is 388 g/mol. The molecule has 0 spiro atoms. The van der Waals surface area contributed by atoms with Crippen LogP contribution in [0.5, 0.6) is 0 Å². The molecular weight excluding hydrogens is 371 g/mol. The molecule has 2 N–H and O–H groups in total. The summed E-state index contributed by atoms with van der Waals surface area (Å²) in [5.41, 5.74) is 1.52. The van der Waals surface area contributed by atoms with Gasteiger partial charge < -0.3 is 15.0 Å². The van der Waals surface area contributed by atoms with Gasteiger partial charge in [0.2, 0.25) is 5.95 Å². The third-order valence-corrected chi connectivity index (χ3v) is 4.50. The molecule has 27 heavy (non-hydrogen) atoms. The second kappa shape index (κ2) is 8.28. The summed E-state index contributed by atoms with van der Waals surface area (Å²) in [6.07, 6.45) is 3.48. The van der Waals surface area contributed by atoms with E-state index in [0.29, 0.717) is 22.8 Å². The molecule has 0 aliphatic rings. The molecule has 2 heterocycles. The van der Waals surface area contributed by atoms with E-state index in [4.69, 9.17) is 11.6 Å². The first-order valence-electron chi connectivity index (χ1n) is 8.32. The number of rotatable bonds is 6. The molecule has 0 saturated carbocycles. The third-order valence-electron chi connectivity index (χ3n) is 4.19. The lowest BCUT2D eigenvalue weighted by atomic mass is 10.0. The second-order valence-corrected chi connectivity index (χ2v) is 6.29. The van der Waals surface area contributed by atoms with E-state index in [2.05, 4.69) is 15.3 Å². The summed E-state index contributed by atoms with van der Waals surface area (Å²) in [6, 6.07) is 8.78. The van der Waals surface area contributed by atoms with Crippen molar-refractivity contribution in [2.75, 3.05) is 19.0 Å². The van der Waals surface area contributed by atoms with E-state index >= 15 is 0 Å². The van der Waals surface area contributed by atoms with E-state index in [1.165, 1.54) is 22.8 Å². The Morgan fingerprint density at radius 1 is 1.30 bits per heavy atom. The van der Waals surface area contributed by atoms with Gasteiger partial charge in [0.15, 0.2) is 0 Å². The van der Waals surface area contributed by atoms with E-state index in [9.17, 15) is 14.3 Å². The normalized spacial score (nSPS) is 12.0. The molecule has 3 aromatic rings. The van der Waals surface area contributed by atoms with Crippen LogP contribution in [0.4, 0.5) is 10.3 Å². The lowest BCUT2D eigenvalue weighted by molar-refractivity contribution is 0.266. The van der Waals surface area contributed by atoms with Crippen LogP contribution in [0.2, 0.25) is 5.02 Å². The van der Waals surface area contributed by atoms with Gasteiger partial charge in [0.1, 0.15) is 5.82 Å². The quantitative estimate of drug-likeness (QED) is 0.678. The highest BCUT2D eigenvalue weighted by atomic mass is 35.5. The number of benzene rings is 1. The smallest absolute Gasteiger partial charge is 0.251 e. The zero-order valence-electron chi connectivity index (χ0n) is 14.6. The minimum Gasteiger partial charge on any atom is -0.396 e. The van der Waals surface area contributed by atoms with Gasteiger partial charge in [-0.15, -0.1) is 0 Å². The number of hydrogen-bond donors (Lipinski definition) is 2. The van der Waals surface area contributed by atoms with Crippen LogP contribution in [0.1, 0.15) is 18.0 Å². The Morgan fingerprint density at radius 3 is 2.78 bits per heavy atom. The number of aliphatic hydroxyl groups excluding tert-OH is 1. The Balaban J connectivity index is 2.01. The summed E-state index contributed by atoms with van der Waals surface area (Å²) in [5.74, 6) is -0.117. The number of pyridine rings is 1. The van der Waals surface area contributed by atoms with Crippen LogP contribution in [0.15, 0.2) is 53.6 Å². The fraction of sp³-hybridized carbons (Fsp3) is 0.211. The number of anilines is 1. The summed E-state index contributed by atoms with van der Waals surface area (Å²) >= 11 is 5.74. The van der Waals surface area contributed by atoms with Crippen LogP contribution in [0, 0.1) is 5.82 Å². The van der Waals surface area contributed by atoms with Gasteiger partial charge in [0.05, 0.1) is 16.8 Å². The molecular formula is C19H18ClFN4O2. The number of halogens is 2. The molecule has 1 unspecified atom stereocenters. The molecule has 0 fully saturated rings. The molecule has 0 bridgehead atoms. The molecule has 0 radical (unpaired) electrons. The summed E-state index contributed by atoms with van der Waals surface area (Å²) < 4.78 is 15.3. The molecule has 6 nitrogen and oxygen atoms in total. The minimum absolute atomic E-state index is 0.00768. The van der Waals surface area contributed by atoms with Crippen molar-refractivity contribution in [3.63, 3.8) is 0 Å². The van der Waals surface area contributed by atoms with Crippen LogP contribution in [0.3, 0.4) is 0 Å². The van der Waals surface area contributed by atoms with Crippen LogP contribution in [0.25, 0.3) is 11.3 Å². The highest BCUT2D eigenvalue weighted by Crippen LogP contribution is 2.25. The van der Waals surface area contributed by atoms with Crippen molar-refractivity contribution in [2.24, 2.45) is 0 Å². The predicted molar refractivity (Wildman–Crippen MR) is 103 cm³/mol. The van der Waals surface area contributed by atoms with Crippen LogP contribution in [-0.4, -0.2) is 33.3 Å². The molecule has 2 aromatic heterocycles. The Bertz CT molecular complexity index is 1010. The first-order chi connectivity index (χ1) is 13.0. The topological polar surface area (TPSA) is 80.0 Å². The molecule has 8 heteroatoms. The van der Waals surface area contributed by atoms with Crippen LogP contribution >= 0.6 is 11.6 Å². The average molecular weight is 389 g/mol. The molecule has 0 amide bonds. The standard InChI is InChI=1S/C19H18ClFN4O2/c1-22-19-23-7-4-16(24-19)12-5-8-25(18(27)11-12)17(6-9-26)13-2-3-14(20)15(21)10-13/h2-5,7-8,10-11,17,26H,6,9H2,1H3,(H,22,23,24). The van der Waals surface area contributed by atoms with E-state index in [1.807, 2.05) is 0 Å². The van der Waals surface area contributed by atoms with E-state index in [-0.39, 0.29) is 23.6 Å². The molecule has 3 rings (SSSR count). The van der Waals surface area contributed by atoms with Gasteiger partial charge >= 0.3 is 0 Å². The summed E-state index contributed by atoms with van der Waals surface area (Å²) in [5, 5.41) is 12.3. The Morgan fingerprint density at radius 2 is 2.11 bits per heavy atom. The molecule has 0 saturated heterocycles. The maximum absolute atomic E-state index is 13.9. The SMILES string of the molecule is CNc1nccc(-c2ccn(C(CCO)c3ccc(Cl)c(F)c3)c(=O)c2)n1. The predicted octanol–water partition coefficient (Wildman–Crippen LogP) is 3.11. The zero-order chi connectivity index (χ0) is 19.4. The second-order valence-electron chi connectivity index (χ2n) is 5.88. The molecule has 1 atom stereocenters. The number of nitrogens with zero attached hydrogens (tertiary/aromatic N) is 3. The molecule has 140 valence electrons. The number of hydrogen-bond acceptors (Lipinski definition) is 5. The number of aromatic nitrogens is 3. The number of nitrogens with one attached hydrogen (secondary N) is 1. The summed E-state index contributed by atoms with van der Waals surface area (Å²) in [6.45, 7) is -0.152. The lowest BCUT2D eigenvalue weighted by Gasteiger charge is -2.20. The van der Waals surface area contributed by atoms with Gasteiger partial charge in [-0.2, -0.15) is 0 Å². The summed E-state index contributed by atoms with van der Waals surface area (Å²) in [7, 11) is 1.71. The molecule has 0 aliphatic heterocycles.